The molecule has 0 aliphatic rings. The number of Topliss-reactive ketones (excluding diaryl/α,β-unsaturated/α-hetero) is 1. The molecule has 19 heavy (non-hydrogen) atoms. The number of anilines is 2. The molecular formula is C15H15FN2O. The summed E-state index contributed by atoms with van der Waals surface area (Å²) >= 11 is 0. The van der Waals surface area contributed by atoms with Gasteiger partial charge in [0.15, 0.2) is 5.78 Å². The minimum atomic E-state index is -0.276. The average molecular weight is 258 g/mol. The Labute approximate surface area is 111 Å². The van der Waals surface area contributed by atoms with Gasteiger partial charge in [0.25, 0.3) is 0 Å². The second kappa shape index (κ2) is 6.00. The third-order valence-corrected chi connectivity index (χ3v) is 2.73. The van der Waals surface area contributed by atoms with Crippen LogP contribution in [0, 0.1) is 5.82 Å². The Kier molecular flexibility index (Phi) is 4.13. The number of carbonyl (C=O) groups is 1. The Hall–Kier alpha value is -2.36. The van der Waals surface area contributed by atoms with E-state index in [1.165, 1.54) is 12.1 Å². The van der Waals surface area contributed by atoms with Gasteiger partial charge in [-0.15, -0.1) is 0 Å². The van der Waals surface area contributed by atoms with Crippen molar-refractivity contribution in [2.75, 3.05) is 17.6 Å². The number of ketones is 1. The van der Waals surface area contributed by atoms with Gasteiger partial charge in [0.1, 0.15) is 5.82 Å². The molecule has 3 nitrogen and oxygen atoms in total. The van der Waals surface area contributed by atoms with Crippen LogP contribution in [-0.2, 0) is 0 Å². The molecule has 0 unspecified atom stereocenters. The molecular weight excluding hydrogens is 243 g/mol. The summed E-state index contributed by atoms with van der Waals surface area (Å²) in [7, 11) is 0. The number of carbonyl (C=O) groups excluding carboxylic acids is 1. The van der Waals surface area contributed by atoms with Gasteiger partial charge in [-0.25, -0.2) is 4.39 Å². The molecule has 3 N–H and O–H groups in total. The van der Waals surface area contributed by atoms with Gasteiger partial charge < -0.3 is 11.1 Å². The van der Waals surface area contributed by atoms with Gasteiger partial charge in [0.2, 0.25) is 0 Å². The molecule has 2 aromatic carbocycles. The minimum Gasteiger partial charge on any atom is -0.399 e. The average Bonchev–Trinajstić information content (AvgIpc) is 2.41. The highest BCUT2D eigenvalue weighted by molar-refractivity contribution is 5.97. The summed E-state index contributed by atoms with van der Waals surface area (Å²) in [6.45, 7) is 0.499. The largest absolute Gasteiger partial charge is 0.399 e. The van der Waals surface area contributed by atoms with E-state index in [9.17, 15) is 9.18 Å². The summed E-state index contributed by atoms with van der Waals surface area (Å²) in [5.41, 5.74) is 7.61. The van der Waals surface area contributed by atoms with Crippen LogP contribution in [0.4, 0.5) is 15.8 Å². The van der Waals surface area contributed by atoms with E-state index in [0.29, 0.717) is 24.2 Å². The Morgan fingerprint density at radius 3 is 2.58 bits per heavy atom. The van der Waals surface area contributed by atoms with E-state index in [0.717, 1.165) is 5.69 Å². The van der Waals surface area contributed by atoms with Crippen molar-refractivity contribution in [1.29, 1.82) is 0 Å². The molecule has 98 valence electrons. The van der Waals surface area contributed by atoms with E-state index < -0.39 is 0 Å². The van der Waals surface area contributed by atoms with Gasteiger partial charge >= 0.3 is 0 Å². The van der Waals surface area contributed by atoms with Crippen molar-refractivity contribution in [1.82, 2.24) is 0 Å². The topological polar surface area (TPSA) is 55.1 Å². The van der Waals surface area contributed by atoms with E-state index >= 15 is 0 Å². The lowest BCUT2D eigenvalue weighted by atomic mass is 10.1. The second-order valence-corrected chi connectivity index (χ2v) is 4.23. The number of rotatable bonds is 5. The SMILES string of the molecule is Nc1cccc(C(=O)CCNc2ccc(F)cc2)c1. The van der Waals surface area contributed by atoms with Gasteiger partial charge in [0, 0.05) is 29.9 Å². The lowest BCUT2D eigenvalue weighted by Gasteiger charge is -2.06. The number of benzene rings is 2. The summed E-state index contributed by atoms with van der Waals surface area (Å²) in [5.74, 6) is -0.247. The first-order valence-corrected chi connectivity index (χ1v) is 6.03. The molecule has 0 radical (unpaired) electrons. The molecule has 0 saturated heterocycles. The molecule has 0 saturated carbocycles. The van der Waals surface area contributed by atoms with E-state index in [1.807, 2.05) is 0 Å². The van der Waals surface area contributed by atoms with Crippen LogP contribution in [-0.4, -0.2) is 12.3 Å². The highest BCUT2D eigenvalue weighted by Gasteiger charge is 2.05. The quantitative estimate of drug-likeness (QED) is 0.640. The molecule has 4 heteroatoms. The van der Waals surface area contributed by atoms with Gasteiger partial charge in [-0.3, -0.25) is 4.79 Å². The van der Waals surface area contributed by atoms with Gasteiger partial charge in [-0.1, -0.05) is 12.1 Å². The second-order valence-electron chi connectivity index (χ2n) is 4.23. The van der Waals surface area contributed by atoms with E-state index in [-0.39, 0.29) is 11.6 Å². The third-order valence-electron chi connectivity index (χ3n) is 2.73. The predicted molar refractivity (Wildman–Crippen MR) is 74.7 cm³/mol. The number of hydrogen-bond donors (Lipinski definition) is 2. The Morgan fingerprint density at radius 1 is 1.16 bits per heavy atom. The maximum absolute atomic E-state index is 12.7. The Morgan fingerprint density at radius 2 is 1.89 bits per heavy atom. The number of nitrogens with one attached hydrogen (secondary N) is 1. The molecule has 0 aliphatic heterocycles. The zero-order valence-electron chi connectivity index (χ0n) is 10.4. The first kappa shape index (κ1) is 13.1. The van der Waals surface area contributed by atoms with Crippen LogP contribution < -0.4 is 11.1 Å². The first-order valence-electron chi connectivity index (χ1n) is 6.03. The van der Waals surface area contributed by atoms with Gasteiger partial charge in [-0.05, 0) is 36.4 Å². The van der Waals surface area contributed by atoms with Crippen molar-refractivity contribution in [3.63, 3.8) is 0 Å². The van der Waals surface area contributed by atoms with Crippen molar-refractivity contribution in [2.45, 2.75) is 6.42 Å². The lowest BCUT2D eigenvalue weighted by molar-refractivity contribution is 0.0986. The number of hydrogen-bond acceptors (Lipinski definition) is 3. The number of nitrogens with two attached hydrogens (primary N) is 1. The summed E-state index contributed by atoms with van der Waals surface area (Å²) in [6, 6.07) is 12.9. The van der Waals surface area contributed by atoms with Crippen LogP contribution in [0.15, 0.2) is 48.5 Å². The van der Waals surface area contributed by atoms with Gasteiger partial charge in [0.05, 0.1) is 0 Å². The molecule has 0 heterocycles. The molecule has 0 bridgehead atoms. The third kappa shape index (κ3) is 3.81. The fraction of sp³-hybridized carbons (Fsp3) is 0.133. The molecule has 2 aromatic rings. The molecule has 0 atom stereocenters. The highest BCUT2D eigenvalue weighted by atomic mass is 19.1. The van der Waals surface area contributed by atoms with Crippen LogP contribution in [0.5, 0.6) is 0 Å². The number of nitrogen functional groups attached to an aromatic ring is 1. The fourth-order valence-electron chi connectivity index (χ4n) is 1.74. The monoisotopic (exact) mass is 258 g/mol. The van der Waals surface area contributed by atoms with Crippen LogP contribution in [0.1, 0.15) is 16.8 Å². The molecule has 0 aromatic heterocycles. The molecule has 0 aliphatic carbocycles. The summed E-state index contributed by atoms with van der Waals surface area (Å²) in [6.07, 6.45) is 0.362. The lowest BCUT2D eigenvalue weighted by Crippen LogP contribution is -2.09. The van der Waals surface area contributed by atoms with Crippen LogP contribution in [0.25, 0.3) is 0 Å². The Bertz CT molecular complexity index is 567. The number of halogens is 1. The van der Waals surface area contributed by atoms with Gasteiger partial charge in [-0.2, -0.15) is 0 Å². The fourth-order valence-corrected chi connectivity index (χ4v) is 1.74. The molecule has 0 fully saturated rings. The predicted octanol–water partition coefficient (Wildman–Crippen LogP) is 3.09. The first-order chi connectivity index (χ1) is 9.15. The van der Waals surface area contributed by atoms with Crippen LogP contribution in [0.2, 0.25) is 0 Å². The molecule has 0 amide bonds. The van der Waals surface area contributed by atoms with Crippen LogP contribution >= 0.6 is 0 Å². The van der Waals surface area contributed by atoms with E-state index in [4.69, 9.17) is 5.73 Å². The van der Waals surface area contributed by atoms with Crippen molar-refractivity contribution in [3.8, 4) is 0 Å². The maximum atomic E-state index is 12.7. The van der Waals surface area contributed by atoms with Crippen molar-refractivity contribution < 1.29 is 9.18 Å². The summed E-state index contributed by atoms with van der Waals surface area (Å²) < 4.78 is 12.7. The minimum absolute atomic E-state index is 0.0295. The summed E-state index contributed by atoms with van der Waals surface area (Å²) in [5, 5.41) is 3.07. The zero-order valence-corrected chi connectivity index (χ0v) is 10.4. The highest BCUT2D eigenvalue weighted by Crippen LogP contribution is 2.11. The van der Waals surface area contributed by atoms with Crippen molar-refractivity contribution >= 4 is 17.2 Å². The zero-order chi connectivity index (χ0) is 13.7. The summed E-state index contributed by atoms with van der Waals surface area (Å²) in [4.78, 5) is 11.9. The van der Waals surface area contributed by atoms with E-state index in [1.54, 1.807) is 36.4 Å². The van der Waals surface area contributed by atoms with Crippen LogP contribution in [0.3, 0.4) is 0 Å². The maximum Gasteiger partial charge on any atom is 0.164 e. The molecule has 2 rings (SSSR count). The standard InChI is InChI=1S/C15H15FN2O/c16-12-4-6-14(7-5-12)18-9-8-15(19)11-2-1-3-13(17)10-11/h1-7,10,18H,8-9,17H2. The van der Waals surface area contributed by atoms with Crippen molar-refractivity contribution in [3.05, 3.63) is 59.9 Å². The van der Waals surface area contributed by atoms with E-state index in [2.05, 4.69) is 5.32 Å². The smallest absolute Gasteiger partial charge is 0.164 e. The normalized spacial score (nSPS) is 10.2. The molecule has 0 spiro atoms. The Balaban J connectivity index is 1.86. The van der Waals surface area contributed by atoms with Crippen molar-refractivity contribution in [2.24, 2.45) is 0 Å².